The van der Waals surface area contributed by atoms with Crippen molar-refractivity contribution in [2.24, 2.45) is 0 Å². The lowest BCUT2D eigenvalue weighted by Gasteiger charge is -2.06. The molecule has 0 aliphatic heterocycles. The number of carbonyl (C=O) groups is 3. The van der Waals surface area contributed by atoms with Crippen molar-refractivity contribution in [3.63, 3.8) is 0 Å². The van der Waals surface area contributed by atoms with Gasteiger partial charge < -0.3 is 24.4 Å². The van der Waals surface area contributed by atoms with Gasteiger partial charge in [-0.1, -0.05) is 11.8 Å². The second kappa shape index (κ2) is 27.3. The van der Waals surface area contributed by atoms with E-state index in [4.69, 9.17) is 34.2 Å². The lowest BCUT2D eigenvalue weighted by atomic mass is 10.8. The molecular formula is C16H28O10S7. The fourth-order valence-corrected chi connectivity index (χ4v) is 5.45. The molecule has 0 aromatic rings. The van der Waals surface area contributed by atoms with Gasteiger partial charge in [-0.3, -0.25) is 14.4 Å². The summed E-state index contributed by atoms with van der Waals surface area (Å²) in [6.07, 6.45) is 0. The SMILES string of the molecule is O=C(CSCCOOCSCOC(=O)CSCC(=O)OCSCSCO)OCSCSCO. The van der Waals surface area contributed by atoms with Crippen molar-refractivity contribution in [2.75, 3.05) is 75.4 Å². The topological polar surface area (TPSA) is 138 Å². The first-order valence-corrected chi connectivity index (χ1v) is 17.2. The molecule has 17 heteroatoms. The molecule has 0 atom stereocenters. The van der Waals surface area contributed by atoms with Gasteiger partial charge >= 0.3 is 17.9 Å². The van der Waals surface area contributed by atoms with Crippen LogP contribution in [-0.2, 0) is 38.4 Å². The van der Waals surface area contributed by atoms with Crippen molar-refractivity contribution < 1.29 is 48.6 Å². The molecule has 194 valence electrons. The van der Waals surface area contributed by atoms with Gasteiger partial charge in [-0.2, -0.15) is 0 Å². The molecule has 0 saturated heterocycles. The fourth-order valence-electron chi connectivity index (χ4n) is 1.33. The molecule has 33 heavy (non-hydrogen) atoms. The largest absolute Gasteiger partial charge is 0.454 e. The minimum absolute atomic E-state index is 0.0302. The molecule has 0 aliphatic carbocycles. The van der Waals surface area contributed by atoms with Gasteiger partial charge in [0.05, 0.1) is 35.7 Å². The zero-order chi connectivity index (χ0) is 24.4. The molecule has 0 heterocycles. The predicted molar refractivity (Wildman–Crippen MR) is 141 cm³/mol. The number of ether oxygens (including phenoxy) is 3. The van der Waals surface area contributed by atoms with E-state index in [1.807, 2.05) is 0 Å². The van der Waals surface area contributed by atoms with E-state index in [1.54, 1.807) is 0 Å². The number of rotatable bonds is 24. The monoisotopic (exact) mass is 604 g/mol. The summed E-state index contributed by atoms with van der Waals surface area (Å²) in [5.41, 5.74) is 0. The number of hydrogen-bond donors (Lipinski definition) is 2. The predicted octanol–water partition coefficient (Wildman–Crippen LogP) is 2.34. The van der Waals surface area contributed by atoms with Gasteiger partial charge in [0.1, 0.15) is 23.8 Å². The van der Waals surface area contributed by atoms with Crippen LogP contribution in [0.3, 0.4) is 0 Å². The van der Waals surface area contributed by atoms with Gasteiger partial charge in [-0.15, -0.1) is 70.6 Å². The van der Waals surface area contributed by atoms with Gasteiger partial charge in [-0.05, 0) is 0 Å². The van der Waals surface area contributed by atoms with Crippen LogP contribution in [0.25, 0.3) is 0 Å². The summed E-state index contributed by atoms with van der Waals surface area (Å²) >= 11 is 9.15. The minimum Gasteiger partial charge on any atom is -0.454 e. The molecule has 0 amide bonds. The van der Waals surface area contributed by atoms with E-state index in [-0.39, 0.29) is 58.9 Å². The highest BCUT2D eigenvalue weighted by Gasteiger charge is 2.08. The summed E-state index contributed by atoms with van der Waals surface area (Å²) in [5, 5.41) is 18.5. The molecular weight excluding hydrogens is 577 g/mol. The van der Waals surface area contributed by atoms with Gasteiger partial charge in [0.2, 0.25) is 0 Å². The number of carbonyl (C=O) groups excluding carboxylic acids is 3. The Morgan fingerprint density at radius 3 is 1.55 bits per heavy atom. The molecule has 2 N–H and O–H groups in total. The van der Waals surface area contributed by atoms with E-state index in [1.165, 1.54) is 70.6 Å². The molecule has 0 aliphatic rings. The van der Waals surface area contributed by atoms with Crippen LogP contribution in [0.2, 0.25) is 0 Å². The third-order valence-corrected chi connectivity index (χ3v) is 8.53. The standard InChI is InChI=1S/C16H28O10S7/c17-6-29-12-32-9-23-14(19)3-27-2-1-25-26-11-31-8-22-15(20)4-28-5-16(21)24-10-33-13-30-7-18/h17-18H,1-13H2. The summed E-state index contributed by atoms with van der Waals surface area (Å²) in [7, 11) is 0. The van der Waals surface area contributed by atoms with Gasteiger partial charge in [-0.25, -0.2) is 9.78 Å². The molecule has 0 aromatic carbocycles. The first kappa shape index (κ1) is 33.7. The molecule has 0 saturated carbocycles. The third kappa shape index (κ3) is 27.1. The van der Waals surface area contributed by atoms with E-state index >= 15 is 0 Å². The third-order valence-electron chi connectivity index (χ3n) is 2.61. The lowest BCUT2D eigenvalue weighted by molar-refractivity contribution is -0.274. The van der Waals surface area contributed by atoms with Crippen LogP contribution in [0, 0.1) is 0 Å². The molecule has 0 fully saturated rings. The van der Waals surface area contributed by atoms with Crippen LogP contribution >= 0.6 is 82.3 Å². The summed E-state index contributed by atoms with van der Waals surface area (Å²) in [6, 6.07) is 0. The van der Waals surface area contributed by atoms with Gasteiger partial charge in [0.25, 0.3) is 0 Å². The van der Waals surface area contributed by atoms with Crippen molar-refractivity contribution in [2.45, 2.75) is 0 Å². The Hall–Kier alpha value is 0.700. The Kier molecular flexibility index (Phi) is 27.9. The van der Waals surface area contributed by atoms with Crippen LogP contribution in [0.5, 0.6) is 0 Å². The average molecular weight is 605 g/mol. The van der Waals surface area contributed by atoms with E-state index in [0.29, 0.717) is 22.5 Å². The maximum absolute atomic E-state index is 11.6. The number of aliphatic hydroxyl groups excluding tert-OH is 2. The maximum Gasteiger partial charge on any atom is 0.316 e. The first-order valence-electron chi connectivity index (χ1n) is 9.07. The van der Waals surface area contributed by atoms with Crippen molar-refractivity contribution in [3.8, 4) is 0 Å². The normalized spacial score (nSPS) is 10.7. The highest BCUT2D eigenvalue weighted by Crippen LogP contribution is 2.12. The zero-order valence-corrected chi connectivity index (χ0v) is 23.4. The Bertz CT molecular complexity index is 504. The average Bonchev–Trinajstić information content (AvgIpc) is 2.80. The quantitative estimate of drug-likeness (QED) is 0.0416. The van der Waals surface area contributed by atoms with Crippen LogP contribution < -0.4 is 0 Å². The molecule has 0 spiro atoms. The van der Waals surface area contributed by atoms with E-state index in [9.17, 15) is 14.4 Å². The molecule has 0 unspecified atom stereocenters. The second-order valence-electron chi connectivity index (χ2n) is 5.02. The second-order valence-corrected chi connectivity index (χ2v) is 12.5. The van der Waals surface area contributed by atoms with Gasteiger partial charge in [0.15, 0.2) is 0 Å². The summed E-state index contributed by atoms with van der Waals surface area (Å²) in [5.74, 6) is 0.571. The number of thioether (sulfide) groups is 7. The maximum atomic E-state index is 11.6. The van der Waals surface area contributed by atoms with Crippen molar-refractivity contribution in [1.82, 2.24) is 0 Å². The highest BCUT2D eigenvalue weighted by molar-refractivity contribution is 8.16. The van der Waals surface area contributed by atoms with Crippen LogP contribution in [-0.4, -0.2) is 104 Å². The van der Waals surface area contributed by atoms with E-state index in [0.717, 1.165) is 11.8 Å². The smallest absolute Gasteiger partial charge is 0.316 e. The molecule has 10 nitrogen and oxygen atoms in total. The number of hydrogen-bond acceptors (Lipinski definition) is 17. The zero-order valence-electron chi connectivity index (χ0n) is 17.7. The van der Waals surface area contributed by atoms with Crippen LogP contribution in [0.15, 0.2) is 0 Å². The van der Waals surface area contributed by atoms with Gasteiger partial charge in [0, 0.05) is 15.9 Å². The molecule has 0 radical (unpaired) electrons. The van der Waals surface area contributed by atoms with Crippen molar-refractivity contribution in [3.05, 3.63) is 0 Å². The molecule has 0 bridgehead atoms. The Balaban J connectivity index is 3.33. The van der Waals surface area contributed by atoms with Crippen molar-refractivity contribution >= 4 is 100 Å². The Labute approximate surface area is 223 Å². The number of esters is 3. The molecule has 0 aromatic heterocycles. The van der Waals surface area contributed by atoms with E-state index in [2.05, 4.69) is 0 Å². The summed E-state index contributed by atoms with van der Waals surface area (Å²) < 4.78 is 14.9. The first-order chi connectivity index (χ1) is 16.1. The fraction of sp³-hybridized carbons (Fsp3) is 0.812. The van der Waals surface area contributed by atoms with Crippen LogP contribution in [0.4, 0.5) is 0 Å². The lowest BCUT2D eigenvalue weighted by Crippen LogP contribution is -2.12. The van der Waals surface area contributed by atoms with E-state index < -0.39 is 11.9 Å². The highest BCUT2D eigenvalue weighted by atomic mass is 32.2. The number of aliphatic hydroxyl groups is 2. The minimum atomic E-state index is -0.441. The van der Waals surface area contributed by atoms with Crippen molar-refractivity contribution in [1.29, 1.82) is 0 Å². The summed E-state index contributed by atoms with van der Waals surface area (Å²) in [6.45, 7) is 0.297. The Morgan fingerprint density at radius 2 is 1.03 bits per heavy atom. The Morgan fingerprint density at radius 1 is 0.545 bits per heavy atom. The summed E-state index contributed by atoms with van der Waals surface area (Å²) in [4.78, 5) is 44.4. The van der Waals surface area contributed by atoms with Crippen LogP contribution in [0.1, 0.15) is 0 Å². The molecule has 0 rings (SSSR count).